The van der Waals surface area contributed by atoms with E-state index in [0.717, 1.165) is 23.8 Å². The van der Waals surface area contributed by atoms with Gasteiger partial charge in [0.2, 0.25) is 5.88 Å². The number of nitrogens with one attached hydrogen (secondary N) is 1. The van der Waals surface area contributed by atoms with E-state index in [2.05, 4.69) is 15.3 Å². The van der Waals surface area contributed by atoms with Crippen LogP contribution in [0.15, 0.2) is 6.33 Å². The largest absolute Gasteiger partial charge is 0.478 e. The van der Waals surface area contributed by atoms with Crippen LogP contribution in [0.5, 0.6) is 5.88 Å². The summed E-state index contributed by atoms with van der Waals surface area (Å²) in [6, 6.07) is 0. The molecule has 4 heteroatoms. The van der Waals surface area contributed by atoms with Crippen molar-refractivity contribution in [3.05, 3.63) is 11.9 Å². The molecule has 1 heterocycles. The van der Waals surface area contributed by atoms with Crippen LogP contribution in [0.25, 0.3) is 0 Å². The Labute approximate surface area is 109 Å². The molecule has 4 nitrogen and oxygen atoms in total. The molecule has 1 aliphatic rings. The molecule has 18 heavy (non-hydrogen) atoms. The van der Waals surface area contributed by atoms with Gasteiger partial charge in [0.15, 0.2) is 0 Å². The average molecular weight is 249 g/mol. The molecule has 0 bridgehead atoms. The van der Waals surface area contributed by atoms with E-state index in [0.29, 0.717) is 12.5 Å². The Morgan fingerprint density at radius 2 is 2.06 bits per heavy atom. The van der Waals surface area contributed by atoms with Crippen LogP contribution in [-0.2, 0) is 0 Å². The molecule has 1 aromatic rings. The van der Waals surface area contributed by atoms with E-state index in [-0.39, 0.29) is 0 Å². The number of ether oxygens (including phenoxy) is 1. The Morgan fingerprint density at radius 3 is 2.78 bits per heavy atom. The molecule has 0 radical (unpaired) electrons. The van der Waals surface area contributed by atoms with E-state index in [1.165, 1.54) is 32.1 Å². The maximum absolute atomic E-state index is 5.48. The van der Waals surface area contributed by atoms with Crippen molar-refractivity contribution < 1.29 is 4.74 Å². The minimum absolute atomic E-state index is 0.639. The normalized spacial score (nSPS) is 16.6. The van der Waals surface area contributed by atoms with E-state index in [9.17, 15) is 0 Å². The number of hydrogen-bond acceptors (Lipinski definition) is 4. The highest BCUT2D eigenvalue weighted by atomic mass is 16.5. The predicted octanol–water partition coefficient (Wildman–Crippen LogP) is 3.18. The molecule has 0 saturated heterocycles. The van der Waals surface area contributed by atoms with Crippen LogP contribution in [0.4, 0.5) is 5.82 Å². The lowest BCUT2D eigenvalue weighted by Crippen LogP contribution is -2.18. The van der Waals surface area contributed by atoms with Crippen molar-refractivity contribution in [1.82, 2.24) is 9.97 Å². The monoisotopic (exact) mass is 249 g/mol. The average Bonchev–Trinajstić information content (AvgIpc) is 2.41. The van der Waals surface area contributed by atoms with E-state index >= 15 is 0 Å². The Balaban J connectivity index is 1.93. The molecule has 0 unspecified atom stereocenters. The van der Waals surface area contributed by atoms with Gasteiger partial charge in [-0.3, -0.25) is 0 Å². The molecule has 2 rings (SSSR count). The number of aromatic nitrogens is 2. The van der Waals surface area contributed by atoms with Crippen molar-refractivity contribution in [2.24, 2.45) is 5.92 Å². The number of hydrogen-bond donors (Lipinski definition) is 1. The van der Waals surface area contributed by atoms with Gasteiger partial charge in [0.05, 0.1) is 12.2 Å². The fourth-order valence-corrected chi connectivity index (χ4v) is 2.53. The van der Waals surface area contributed by atoms with Crippen LogP contribution >= 0.6 is 0 Å². The first-order chi connectivity index (χ1) is 8.81. The van der Waals surface area contributed by atoms with Crippen molar-refractivity contribution in [2.75, 3.05) is 18.5 Å². The third-order valence-electron chi connectivity index (χ3n) is 3.60. The van der Waals surface area contributed by atoms with Gasteiger partial charge in [0, 0.05) is 6.54 Å². The summed E-state index contributed by atoms with van der Waals surface area (Å²) in [6.45, 7) is 5.63. The highest BCUT2D eigenvalue weighted by Crippen LogP contribution is 2.25. The van der Waals surface area contributed by atoms with Crippen molar-refractivity contribution in [1.29, 1.82) is 0 Å². The SMILES string of the molecule is CCOc1ncnc(NCC2CCCCC2)c1C. The zero-order chi connectivity index (χ0) is 12.8. The molecule has 1 N–H and O–H groups in total. The van der Waals surface area contributed by atoms with Crippen molar-refractivity contribution in [2.45, 2.75) is 46.0 Å². The summed E-state index contributed by atoms with van der Waals surface area (Å²) < 4.78 is 5.48. The number of nitrogens with zero attached hydrogens (tertiary/aromatic N) is 2. The summed E-state index contributed by atoms with van der Waals surface area (Å²) in [5.41, 5.74) is 1.01. The minimum Gasteiger partial charge on any atom is -0.478 e. The van der Waals surface area contributed by atoms with E-state index < -0.39 is 0 Å². The second-order valence-electron chi connectivity index (χ2n) is 4.97. The molecule has 0 atom stereocenters. The van der Waals surface area contributed by atoms with Crippen LogP contribution in [-0.4, -0.2) is 23.1 Å². The molecular weight excluding hydrogens is 226 g/mol. The highest BCUT2D eigenvalue weighted by molar-refractivity contribution is 5.47. The van der Waals surface area contributed by atoms with Gasteiger partial charge in [-0.05, 0) is 32.6 Å². The second-order valence-corrected chi connectivity index (χ2v) is 4.97. The first kappa shape index (κ1) is 13.1. The van der Waals surface area contributed by atoms with Crippen LogP contribution in [0.1, 0.15) is 44.6 Å². The molecule has 0 spiro atoms. The van der Waals surface area contributed by atoms with Crippen molar-refractivity contribution in [3.8, 4) is 5.88 Å². The molecule has 1 aliphatic carbocycles. The van der Waals surface area contributed by atoms with Gasteiger partial charge in [-0.15, -0.1) is 0 Å². The predicted molar refractivity (Wildman–Crippen MR) is 73.0 cm³/mol. The van der Waals surface area contributed by atoms with Crippen LogP contribution in [0, 0.1) is 12.8 Å². The van der Waals surface area contributed by atoms with E-state index in [1.807, 2.05) is 13.8 Å². The lowest BCUT2D eigenvalue weighted by atomic mass is 9.89. The number of anilines is 1. The van der Waals surface area contributed by atoms with Crippen molar-refractivity contribution >= 4 is 5.82 Å². The zero-order valence-electron chi connectivity index (χ0n) is 11.4. The van der Waals surface area contributed by atoms with Gasteiger partial charge in [0.25, 0.3) is 0 Å². The lowest BCUT2D eigenvalue weighted by Gasteiger charge is -2.22. The Bertz CT molecular complexity index is 375. The minimum atomic E-state index is 0.639. The summed E-state index contributed by atoms with van der Waals surface area (Å²) in [7, 11) is 0. The molecule has 0 aliphatic heterocycles. The van der Waals surface area contributed by atoms with E-state index in [1.54, 1.807) is 6.33 Å². The highest BCUT2D eigenvalue weighted by Gasteiger charge is 2.14. The Kier molecular flexibility index (Phi) is 4.79. The van der Waals surface area contributed by atoms with Gasteiger partial charge in [0.1, 0.15) is 12.1 Å². The molecule has 100 valence electrons. The third-order valence-corrected chi connectivity index (χ3v) is 3.60. The third kappa shape index (κ3) is 3.34. The fraction of sp³-hybridized carbons (Fsp3) is 0.714. The topological polar surface area (TPSA) is 47.0 Å². The van der Waals surface area contributed by atoms with Crippen molar-refractivity contribution in [3.63, 3.8) is 0 Å². The van der Waals surface area contributed by atoms with Crippen LogP contribution in [0.2, 0.25) is 0 Å². The molecule has 1 saturated carbocycles. The molecule has 1 aromatic heterocycles. The van der Waals surface area contributed by atoms with Crippen LogP contribution < -0.4 is 10.1 Å². The molecule has 1 fully saturated rings. The first-order valence-electron chi connectivity index (χ1n) is 6.99. The van der Waals surface area contributed by atoms with Gasteiger partial charge in [-0.2, -0.15) is 0 Å². The molecule has 0 amide bonds. The fourth-order valence-electron chi connectivity index (χ4n) is 2.53. The quantitative estimate of drug-likeness (QED) is 0.870. The maximum Gasteiger partial charge on any atom is 0.221 e. The second kappa shape index (κ2) is 6.57. The van der Waals surface area contributed by atoms with Gasteiger partial charge < -0.3 is 10.1 Å². The summed E-state index contributed by atoms with van der Waals surface area (Å²) in [6.07, 6.45) is 8.40. The van der Waals surface area contributed by atoms with Gasteiger partial charge in [-0.25, -0.2) is 9.97 Å². The smallest absolute Gasteiger partial charge is 0.221 e. The lowest BCUT2D eigenvalue weighted by molar-refractivity contribution is 0.323. The van der Waals surface area contributed by atoms with Gasteiger partial charge in [-0.1, -0.05) is 19.3 Å². The summed E-state index contributed by atoms with van der Waals surface area (Å²) in [5.74, 6) is 2.40. The summed E-state index contributed by atoms with van der Waals surface area (Å²) in [4.78, 5) is 8.45. The maximum atomic E-state index is 5.48. The first-order valence-corrected chi connectivity index (χ1v) is 6.99. The molecular formula is C14H23N3O. The standard InChI is InChI=1S/C14H23N3O/c1-3-18-14-11(2)13(16-10-17-14)15-9-12-7-5-4-6-8-12/h10,12H,3-9H2,1-2H3,(H,15,16,17). The summed E-state index contributed by atoms with van der Waals surface area (Å²) >= 11 is 0. The van der Waals surface area contributed by atoms with Gasteiger partial charge >= 0.3 is 0 Å². The molecule has 0 aromatic carbocycles. The Morgan fingerprint density at radius 1 is 1.28 bits per heavy atom. The summed E-state index contributed by atoms with van der Waals surface area (Å²) in [5, 5.41) is 3.45. The zero-order valence-corrected chi connectivity index (χ0v) is 11.4. The number of rotatable bonds is 5. The Hall–Kier alpha value is -1.32. The van der Waals surface area contributed by atoms with Crippen LogP contribution in [0.3, 0.4) is 0 Å². The van der Waals surface area contributed by atoms with E-state index in [4.69, 9.17) is 4.74 Å².